The van der Waals surface area contributed by atoms with Gasteiger partial charge in [-0.1, -0.05) is 50.9 Å². The summed E-state index contributed by atoms with van der Waals surface area (Å²) < 4.78 is 5.64. The van der Waals surface area contributed by atoms with Crippen LogP contribution in [0, 0.1) is 5.41 Å². The van der Waals surface area contributed by atoms with Gasteiger partial charge < -0.3 is 4.74 Å². The number of cyclic esters (lactones) is 1. The van der Waals surface area contributed by atoms with Crippen LogP contribution in [0.5, 0.6) is 0 Å². The van der Waals surface area contributed by atoms with Crippen molar-refractivity contribution >= 4 is 43.6 Å². The fraction of sp³-hybridized carbons (Fsp3) is 0.467. The molecular weight excluding hydrogens is 388 g/mol. The Bertz CT molecular complexity index is 551. The molecule has 0 spiro atoms. The van der Waals surface area contributed by atoms with Gasteiger partial charge in [0.1, 0.15) is 15.8 Å². The van der Waals surface area contributed by atoms with Gasteiger partial charge in [0, 0.05) is 4.47 Å². The third-order valence-electron chi connectivity index (χ3n) is 3.78. The third kappa shape index (κ3) is 2.35. The Morgan fingerprint density at radius 3 is 2.25 bits per heavy atom. The largest absolute Gasteiger partial charge is 0.455 e. The van der Waals surface area contributed by atoms with Crippen molar-refractivity contribution in [3.05, 3.63) is 34.3 Å². The van der Waals surface area contributed by atoms with Gasteiger partial charge in [-0.3, -0.25) is 9.59 Å². The molecule has 1 aromatic carbocycles. The molecule has 1 aliphatic heterocycles. The van der Waals surface area contributed by atoms with E-state index in [1.54, 1.807) is 13.8 Å². The molecule has 3 nitrogen and oxygen atoms in total. The van der Waals surface area contributed by atoms with Crippen LogP contribution in [0.2, 0.25) is 0 Å². The molecule has 1 fully saturated rings. The monoisotopic (exact) mass is 402 g/mol. The fourth-order valence-corrected chi connectivity index (χ4v) is 3.51. The lowest BCUT2D eigenvalue weighted by Crippen LogP contribution is -2.55. The van der Waals surface area contributed by atoms with Gasteiger partial charge in [0.25, 0.3) is 0 Å². The summed E-state index contributed by atoms with van der Waals surface area (Å²) in [5.74, 6) is -0.601. The molecule has 20 heavy (non-hydrogen) atoms. The summed E-state index contributed by atoms with van der Waals surface area (Å²) in [7, 11) is 0. The molecule has 1 saturated heterocycles. The highest BCUT2D eigenvalue weighted by molar-refractivity contribution is 9.10. The predicted molar refractivity (Wildman–Crippen MR) is 83.7 cm³/mol. The Labute approximate surface area is 135 Å². The molecule has 0 aromatic heterocycles. The average Bonchev–Trinajstić information content (AvgIpc) is 2.42. The topological polar surface area (TPSA) is 43.4 Å². The number of Topliss-reactive ketones (excluding diaryl/α,β-unsaturated/α-hetero) is 1. The fourth-order valence-electron chi connectivity index (χ4n) is 2.39. The van der Waals surface area contributed by atoms with E-state index in [9.17, 15) is 9.59 Å². The normalized spacial score (nSPS) is 29.1. The Kier molecular flexibility index (Phi) is 4.13. The van der Waals surface area contributed by atoms with Crippen LogP contribution in [0.3, 0.4) is 0 Å². The molecule has 1 aliphatic rings. The lowest BCUT2D eigenvalue weighted by atomic mass is 9.74. The molecule has 2 rings (SSSR count). The summed E-state index contributed by atoms with van der Waals surface area (Å²) >= 11 is 6.92. The summed E-state index contributed by atoms with van der Waals surface area (Å²) in [6.45, 7) is 5.13. The molecule has 0 unspecified atom stereocenters. The van der Waals surface area contributed by atoms with Gasteiger partial charge in [-0.05, 0) is 38.0 Å². The summed E-state index contributed by atoms with van der Waals surface area (Å²) in [4.78, 5) is 24.8. The van der Waals surface area contributed by atoms with Crippen LogP contribution in [0.15, 0.2) is 28.7 Å². The standard InChI is InChI=1S/C15H16Br2O3/c1-4-15(17)11(9-5-7-10(16)8-6-9)20-13(19)14(2,3)12(15)18/h5-8,11H,4H2,1-3H3/t11-,15-/m1/s1. The first-order chi connectivity index (χ1) is 9.23. The van der Waals surface area contributed by atoms with E-state index in [1.165, 1.54) is 0 Å². The van der Waals surface area contributed by atoms with Gasteiger partial charge in [0.15, 0.2) is 5.78 Å². The van der Waals surface area contributed by atoms with Crippen LogP contribution in [0.1, 0.15) is 38.9 Å². The van der Waals surface area contributed by atoms with E-state index in [2.05, 4.69) is 31.9 Å². The zero-order valence-corrected chi connectivity index (χ0v) is 14.7. The van der Waals surface area contributed by atoms with Crippen molar-refractivity contribution in [1.82, 2.24) is 0 Å². The number of hydrogen-bond donors (Lipinski definition) is 0. The van der Waals surface area contributed by atoms with E-state index in [0.717, 1.165) is 10.0 Å². The number of ketones is 1. The van der Waals surface area contributed by atoms with Crippen molar-refractivity contribution in [2.75, 3.05) is 0 Å². The van der Waals surface area contributed by atoms with Crippen molar-refractivity contribution in [3.63, 3.8) is 0 Å². The smallest absolute Gasteiger partial charge is 0.319 e. The molecule has 0 saturated carbocycles. The minimum atomic E-state index is -1.12. The highest BCUT2D eigenvalue weighted by atomic mass is 79.9. The number of carbonyl (C=O) groups excluding carboxylic acids is 2. The number of rotatable bonds is 2. The van der Waals surface area contributed by atoms with Crippen LogP contribution in [-0.4, -0.2) is 16.1 Å². The van der Waals surface area contributed by atoms with Crippen molar-refractivity contribution < 1.29 is 14.3 Å². The van der Waals surface area contributed by atoms with Crippen LogP contribution >= 0.6 is 31.9 Å². The van der Waals surface area contributed by atoms with Gasteiger partial charge in [-0.2, -0.15) is 0 Å². The van der Waals surface area contributed by atoms with E-state index in [-0.39, 0.29) is 5.78 Å². The Balaban J connectivity index is 2.49. The molecule has 5 heteroatoms. The number of esters is 1. The minimum Gasteiger partial charge on any atom is -0.455 e. The summed E-state index contributed by atoms with van der Waals surface area (Å²) in [6.07, 6.45) is -0.0582. The number of halogens is 2. The van der Waals surface area contributed by atoms with Crippen LogP contribution in [0.25, 0.3) is 0 Å². The Hall–Kier alpha value is -0.680. The lowest BCUT2D eigenvalue weighted by Gasteiger charge is -2.43. The average molecular weight is 404 g/mol. The van der Waals surface area contributed by atoms with Gasteiger partial charge >= 0.3 is 5.97 Å². The minimum absolute atomic E-state index is 0.128. The maximum atomic E-state index is 12.7. The number of hydrogen-bond acceptors (Lipinski definition) is 3. The van der Waals surface area contributed by atoms with Crippen LogP contribution in [0.4, 0.5) is 0 Å². The maximum absolute atomic E-state index is 12.7. The second-order valence-electron chi connectivity index (χ2n) is 5.51. The zero-order valence-electron chi connectivity index (χ0n) is 11.6. The maximum Gasteiger partial charge on any atom is 0.319 e. The second kappa shape index (κ2) is 5.26. The van der Waals surface area contributed by atoms with Gasteiger partial charge in [0.2, 0.25) is 0 Å². The first-order valence-electron chi connectivity index (χ1n) is 6.44. The number of ether oxygens (including phenoxy) is 1. The number of alkyl halides is 1. The molecule has 0 bridgehead atoms. The molecule has 0 aliphatic carbocycles. The van der Waals surface area contributed by atoms with E-state index < -0.39 is 21.8 Å². The zero-order chi connectivity index (χ0) is 15.1. The van der Waals surface area contributed by atoms with Crippen molar-refractivity contribution in [2.24, 2.45) is 5.41 Å². The number of carbonyl (C=O) groups is 2. The second-order valence-corrected chi connectivity index (χ2v) is 7.84. The molecule has 1 aromatic rings. The SMILES string of the molecule is CC[C@]1(Br)C(=O)C(C)(C)C(=O)O[C@@H]1c1ccc(Br)cc1. The van der Waals surface area contributed by atoms with Crippen LogP contribution in [-0.2, 0) is 14.3 Å². The summed E-state index contributed by atoms with van der Waals surface area (Å²) in [6, 6.07) is 7.46. The molecule has 0 N–H and O–H groups in total. The van der Waals surface area contributed by atoms with Crippen molar-refractivity contribution in [3.8, 4) is 0 Å². The Morgan fingerprint density at radius 1 is 1.20 bits per heavy atom. The van der Waals surface area contributed by atoms with Crippen LogP contribution < -0.4 is 0 Å². The van der Waals surface area contributed by atoms with Gasteiger partial charge in [0.05, 0.1) is 0 Å². The third-order valence-corrected chi connectivity index (χ3v) is 5.65. The van der Waals surface area contributed by atoms with E-state index >= 15 is 0 Å². The quantitative estimate of drug-likeness (QED) is 0.422. The molecule has 2 atom stereocenters. The highest BCUT2D eigenvalue weighted by Crippen LogP contribution is 2.49. The van der Waals surface area contributed by atoms with E-state index in [1.807, 2.05) is 31.2 Å². The number of benzene rings is 1. The molecule has 0 amide bonds. The van der Waals surface area contributed by atoms with E-state index in [0.29, 0.717) is 6.42 Å². The Morgan fingerprint density at radius 2 is 1.75 bits per heavy atom. The summed E-state index contributed by atoms with van der Waals surface area (Å²) in [5, 5.41) is 0. The summed E-state index contributed by atoms with van der Waals surface area (Å²) in [5.41, 5.74) is -0.310. The predicted octanol–water partition coefficient (Wildman–Crippen LogP) is 4.19. The lowest BCUT2D eigenvalue weighted by molar-refractivity contribution is -0.176. The van der Waals surface area contributed by atoms with Gasteiger partial charge in [-0.25, -0.2) is 0 Å². The van der Waals surface area contributed by atoms with Crippen molar-refractivity contribution in [2.45, 2.75) is 37.6 Å². The van der Waals surface area contributed by atoms with E-state index in [4.69, 9.17) is 4.74 Å². The molecule has 1 heterocycles. The first kappa shape index (κ1) is 15.7. The van der Waals surface area contributed by atoms with Crippen molar-refractivity contribution in [1.29, 1.82) is 0 Å². The molecular formula is C15H16Br2O3. The molecule has 108 valence electrons. The first-order valence-corrected chi connectivity index (χ1v) is 8.02. The molecule has 0 radical (unpaired) electrons. The van der Waals surface area contributed by atoms with Gasteiger partial charge in [-0.15, -0.1) is 0 Å². The highest BCUT2D eigenvalue weighted by Gasteiger charge is 2.58.